The average Bonchev–Trinajstić information content (AvgIpc) is 2.98. The van der Waals surface area contributed by atoms with Crippen LogP contribution in [0, 0.1) is 6.92 Å². The summed E-state index contributed by atoms with van der Waals surface area (Å²) < 4.78 is 4.38. The molecule has 114 valence electrons. The Labute approximate surface area is 133 Å². The molecular weight excluding hydrogens is 302 g/mol. The zero-order chi connectivity index (χ0) is 15.2. The van der Waals surface area contributed by atoms with Crippen LogP contribution < -0.4 is 10.6 Å². The van der Waals surface area contributed by atoms with Gasteiger partial charge in [0.2, 0.25) is 0 Å². The number of aromatic nitrogens is 2. The standard InChI is InChI=1S/C14H21N5S2/c1-9-7-20-12(16-9)10-11(15)17-21-13(10)19-6-5-18(4)14(2,3)8-19/h7H,5-6,8H2,1-4H3,(H2,15,17). The fourth-order valence-electron chi connectivity index (χ4n) is 2.59. The van der Waals surface area contributed by atoms with Gasteiger partial charge in [-0.2, -0.15) is 4.37 Å². The van der Waals surface area contributed by atoms with Crippen molar-refractivity contribution in [2.45, 2.75) is 26.3 Å². The third-order valence-electron chi connectivity index (χ3n) is 4.14. The molecule has 2 aromatic rings. The Morgan fingerprint density at radius 3 is 2.71 bits per heavy atom. The highest BCUT2D eigenvalue weighted by molar-refractivity contribution is 7.15. The molecule has 2 aromatic heterocycles. The fourth-order valence-corrected chi connectivity index (χ4v) is 4.35. The van der Waals surface area contributed by atoms with Gasteiger partial charge in [0.05, 0.1) is 5.56 Å². The quantitative estimate of drug-likeness (QED) is 0.921. The first kappa shape index (κ1) is 14.7. The van der Waals surface area contributed by atoms with Crippen LogP contribution in [0.25, 0.3) is 10.6 Å². The van der Waals surface area contributed by atoms with Crippen molar-refractivity contribution in [3.63, 3.8) is 0 Å². The highest BCUT2D eigenvalue weighted by Gasteiger charge is 2.33. The summed E-state index contributed by atoms with van der Waals surface area (Å²) in [6.45, 7) is 9.57. The third kappa shape index (κ3) is 2.65. The number of nitrogens with zero attached hydrogens (tertiary/aromatic N) is 4. The van der Waals surface area contributed by atoms with Crippen LogP contribution >= 0.6 is 22.9 Å². The molecule has 21 heavy (non-hydrogen) atoms. The van der Waals surface area contributed by atoms with Gasteiger partial charge in [0.25, 0.3) is 0 Å². The van der Waals surface area contributed by atoms with E-state index in [1.165, 1.54) is 11.5 Å². The van der Waals surface area contributed by atoms with E-state index in [9.17, 15) is 0 Å². The van der Waals surface area contributed by atoms with Gasteiger partial charge in [-0.3, -0.25) is 4.90 Å². The molecule has 0 atom stereocenters. The number of nitrogen functional groups attached to an aromatic ring is 1. The maximum atomic E-state index is 6.11. The third-order valence-corrected chi connectivity index (χ3v) is 6.04. The summed E-state index contributed by atoms with van der Waals surface area (Å²) in [5.41, 5.74) is 8.30. The number of likely N-dealkylation sites (N-methyl/N-ethyl adjacent to an activating group) is 1. The van der Waals surface area contributed by atoms with E-state index in [1.54, 1.807) is 11.3 Å². The highest BCUT2D eigenvalue weighted by Crippen LogP contribution is 2.41. The van der Waals surface area contributed by atoms with E-state index in [0.29, 0.717) is 5.82 Å². The lowest BCUT2D eigenvalue weighted by atomic mass is 10.00. The molecule has 1 fully saturated rings. The van der Waals surface area contributed by atoms with E-state index in [1.807, 2.05) is 6.92 Å². The van der Waals surface area contributed by atoms with Crippen molar-refractivity contribution in [2.24, 2.45) is 0 Å². The Morgan fingerprint density at radius 1 is 1.33 bits per heavy atom. The fraction of sp³-hybridized carbons (Fsp3) is 0.571. The van der Waals surface area contributed by atoms with E-state index in [4.69, 9.17) is 5.73 Å². The monoisotopic (exact) mass is 323 g/mol. The summed E-state index contributed by atoms with van der Waals surface area (Å²) >= 11 is 3.13. The van der Waals surface area contributed by atoms with Gasteiger partial charge in [-0.15, -0.1) is 11.3 Å². The van der Waals surface area contributed by atoms with Gasteiger partial charge in [0.15, 0.2) is 0 Å². The Morgan fingerprint density at radius 2 is 2.10 bits per heavy atom. The van der Waals surface area contributed by atoms with Crippen LogP contribution in [0.15, 0.2) is 5.38 Å². The predicted molar refractivity (Wildman–Crippen MR) is 91.3 cm³/mol. The summed E-state index contributed by atoms with van der Waals surface area (Å²) in [5, 5.41) is 4.19. The van der Waals surface area contributed by atoms with E-state index < -0.39 is 0 Å². The number of rotatable bonds is 2. The largest absolute Gasteiger partial charge is 0.382 e. The number of thiazole rings is 1. The van der Waals surface area contributed by atoms with Crippen LogP contribution in [0.1, 0.15) is 19.5 Å². The second-order valence-electron chi connectivity index (χ2n) is 6.20. The van der Waals surface area contributed by atoms with E-state index >= 15 is 0 Å². The SMILES string of the molecule is Cc1csc(-c2c(N)nsc2N2CCN(C)C(C)(C)C2)n1. The molecule has 7 heteroatoms. The molecule has 0 saturated carbocycles. The smallest absolute Gasteiger partial charge is 0.149 e. The molecule has 0 radical (unpaired) electrons. The number of anilines is 2. The lowest BCUT2D eigenvalue weighted by Crippen LogP contribution is -2.57. The Kier molecular flexibility index (Phi) is 3.67. The van der Waals surface area contributed by atoms with Crippen molar-refractivity contribution in [2.75, 3.05) is 37.3 Å². The molecule has 1 aliphatic heterocycles. The van der Waals surface area contributed by atoms with Crippen molar-refractivity contribution in [1.82, 2.24) is 14.3 Å². The van der Waals surface area contributed by atoms with Crippen molar-refractivity contribution in [1.29, 1.82) is 0 Å². The average molecular weight is 323 g/mol. The van der Waals surface area contributed by atoms with Gasteiger partial charge in [-0.25, -0.2) is 4.98 Å². The van der Waals surface area contributed by atoms with Crippen LogP contribution in [-0.2, 0) is 0 Å². The topological polar surface area (TPSA) is 58.3 Å². The van der Waals surface area contributed by atoms with Crippen molar-refractivity contribution in [3.05, 3.63) is 11.1 Å². The van der Waals surface area contributed by atoms with Crippen LogP contribution in [0.3, 0.4) is 0 Å². The van der Waals surface area contributed by atoms with E-state index in [2.05, 4.69) is 45.4 Å². The summed E-state index contributed by atoms with van der Waals surface area (Å²) in [4.78, 5) is 9.40. The summed E-state index contributed by atoms with van der Waals surface area (Å²) in [6.07, 6.45) is 0. The minimum absolute atomic E-state index is 0.146. The highest BCUT2D eigenvalue weighted by atomic mass is 32.1. The summed E-state index contributed by atoms with van der Waals surface area (Å²) in [6, 6.07) is 0. The molecule has 2 N–H and O–H groups in total. The van der Waals surface area contributed by atoms with Crippen LogP contribution in [0.2, 0.25) is 0 Å². The maximum absolute atomic E-state index is 6.11. The van der Waals surface area contributed by atoms with Gasteiger partial charge in [-0.1, -0.05) is 0 Å². The molecule has 3 heterocycles. The van der Waals surface area contributed by atoms with Gasteiger partial charge in [-0.05, 0) is 39.4 Å². The number of piperazine rings is 1. The van der Waals surface area contributed by atoms with Crippen molar-refractivity contribution in [3.8, 4) is 10.6 Å². The lowest BCUT2D eigenvalue weighted by molar-refractivity contribution is 0.139. The molecule has 0 aromatic carbocycles. The minimum Gasteiger partial charge on any atom is -0.382 e. The molecule has 0 amide bonds. The molecule has 0 bridgehead atoms. The van der Waals surface area contributed by atoms with Crippen LogP contribution in [0.4, 0.5) is 10.8 Å². The van der Waals surface area contributed by atoms with Gasteiger partial charge >= 0.3 is 0 Å². The zero-order valence-electron chi connectivity index (χ0n) is 12.9. The molecule has 1 aliphatic rings. The summed E-state index contributed by atoms with van der Waals surface area (Å²) in [7, 11) is 2.18. The maximum Gasteiger partial charge on any atom is 0.149 e. The van der Waals surface area contributed by atoms with E-state index in [-0.39, 0.29) is 5.54 Å². The Hall–Kier alpha value is -1.18. The number of nitrogens with two attached hydrogens (primary N) is 1. The van der Waals surface area contributed by atoms with Gasteiger partial charge in [0, 0.05) is 36.2 Å². The first-order chi connectivity index (χ1) is 9.88. The lowest BCUT2D eigenvalue weighted by Gasteiger charge is -2.45. The Balaban J connectivity index is 1.97. The molecule has 1 saturated heterocycles. The van der Waals surface area contributed by atoms with Crippen LogP contribution in [0.5, 0.6) is 0 Å². The molecule has 0 unspecified atom stereocenters. The first-order valence-corrected chi connectivity index (χ1v) is 8.67. The molecular formula is C14H21N5S2. The van der Waals surface area contributed by atoms with Crippen molar-refractivity contribution < 1.29 is 0 Å². The minimum atomic E-state index is 0.146. The molecule has 0 aliphatic carbocycles. The first-order valence-electron chi connectivity index (χ1n) is 7.02. The van der Waals surface area contributed by atoms with Crippen LogP contribution in [-0.4, -0.2) is 46.5 Å². The second-order valence-corrected chi connectivity index (χ2v) is 7.81. The number of hydrogen-bond acceptors (Lipinski definition) is 7. The molecule has 5 nitrogen and oxygen atoms in total. The van der Waals surface area contributed by atoms with Gasteiger partial charge < -0.3 is 10.6 Å². The number of aryl methyl sites for hydroxylation is 1. The predicted octanol–water partition coefficient (Wildman–Crippen LogP) is 2.69. The number of hydrogen-bond donors (Lipinski definition) is 1. The zero-order valence-corrected chi connectivity index (χ0v) is 14.5. The second kappa shape index (κ2) is 5.23. The van der Waals surface area contributed by atoms with Gasteiger partial charge in [0.1, 0.15) is 15.8 Å². The molecule has 3 rings (SSSR count). The Bertz CT molecular complexity index is 646. The molecule has 0 spiro atoms. The summed E-state index contributed by atoms with van der Waals surface area (Å²) in [5.74, 6) is 0.598. The normalized spacial score (nSPS) is 19.1. The van der Waals surface area contributed by atoms with Crippen molar-refractivity contribution >= 4 is 33.7 Å². The van der Waals surface area contributed by atoms with E-state index in [0.717, 1.165) is 40.9 Å².